The highest BCUT2D eigenvalue weighted by atomic mass is 16.6. The molecule has 3 rings (SSSR count). The summed E-state index contributed by atoms with van der Waals surface area (Å²) in [4.78, 5) is 26.6. The number of rotatable bonds is 2. The molecule has 2 aliphatic rings. The number of carbonyl (C=O) groups is 2. The fraction of sp³-hybridized carbons (Fsp3) is 0.429. The molecule has 0 aliphatic carbocycles. The molecule has 0 aromatic heterocycles. The molecule has 1 fully saturated rings. The Morgan fingerprint density at radius 2 is 1.85 bits per heavy atom. The van der Waals surface area contributed by atoms with Gasteiger partial charge in [0.2, 0.25) is 6.41 Å². The van der Waals surface area contributed by atoms with Gasteiger partial charge in [-0.2, -0.15) is 0 Å². The third-order valence-electron chi connectivity index (χ3n) is 3.55. The zero-order valence-electron chi connectivity index (χ0n) is 11.1. The van der Waals surface area contributed by atoms with E-state index in [0.29, 0.717) is 56.5 Å². The van der Waals surface area contributed by atoms with Crippen LogP contribution in [0.5, 0.6) is 11.5 Å². The second-order valence-corrected chi connectivity index (χ2v) is 4.76. The normalized spacial score (nSPS) is 17.8. The first-order valence-electron chi connectivity index (χ1n) is 6.67. The van der Waals surface area contributed by atoms with Crippen molar-refractivity contribution >= 4 is 12.3 Å². The highest BCUT2D eigenvalue weighted by molar-refractivity contribution is 5.98. The Labute approximate surface area is 116 Å². The van der Waals surface area contributed by atoms with Crippen molar-refractivity contribution in [2.75, 3.05) is 39.4 Å². The molecular formula is C14H16N2O4. The van der Waals surface area contributed by atoms with E-state index in [4.69, 9.17) is 9.47 Å². The number of benzene rings is 1. The summed E-state index contributed by atoms with van der Waals surface area (Å²) in [6.45, 7) is 3.19. The molecule has 2 heterocycles. The van der Waals surface area contributed by atoms with Gasteiger partial charge in [0.25, 0.3) is 5.91 Å². The zero-order chi connectivity index (χ0) is 13.9. The van der Waals surface area contributed by atoms with Crippen LogP contribution in [0.25, 0.3) is 0 Å². The monoisotopic (exact) mass is 276 g/mol. The minimum atomic E-state index is -0.0714. The molecule has 6 nitrogen and oxygen atoms in total. The van der Waals surface area contributed by atoms with Crippen LogP contribution in [-0.2, 0) is 4.79 Å². The van der Waals surface area contributed by atoms with Crippen molar-refractivity contribution in [3.8, 4) is 11.5 Å². The number of amides is 2. The van der Waals surface area contributed by atoms with Crippen LogP contribution in [-0.4, -0.2) is 61.5 Å². The Morgan fingerprint density at radius 1 is 1.10 bits per heavy atom. The van der Waals surface area contributed by atoms with Crippen molar-refractivity contribution in [1.29, 1.82) is 0 Å². The van der Waals surface area contributed by atoms with E-state index < -0.39 is 0 Å². The number of carbonyl (C=O) groups excluding carboxylic acids is 2. The molecule has 20 heavy (non-hydrogen) atoms. The van der Waals surface area contributed by atoms with E-state index in [1.807, 2.05) is 0 Å². The SMILES string of the molecule is O=CN1CCN(C(=O)c2cccc3c2OCCO3)CC1. The number of hydrogen-bond donors (Lipinski definition) is 0. The predicted molar refractivity (Wildman–Crippen MR) is 71.0 cm³/mol. The van der Waals surface area contributed by atoms with Gasteiger partial charge in [0.1, 0.15) is 13.2 Å². The Bertz CT molecular complexity index is 524. The predicted octanol–water partition coefficient (Wildman–Crippen LogP) is 0.372. The lowest BCUT2D eigenvalue weighted by molar-refractivity contribution is -0.119. The lowest BCUT2D eigenvalue weighted by Crippen LogP contribution is -2.48. The first-order valence-corrected chi connectivity index (χ1v) is 6.67. The molecule has 0 unspecified atom stereocenters. The van der Waals surface area contributed by atoms with Crippen molar-refractivity contribution in [3.63, 3.8) is 0 Å². The molecule has 1 aromatic carbocycles. The molecule has 6 heteroatoms. The number of piperazine rings is 1. The third kappa shape index (κ3) is 2.29. The fourth-order valence-electron chi connectivity index (χ4n) is 2.44. The molecule has 2 aliphatic heterocycles. The Morgan fingerprint density at radius 3 is 2.60 bits per heavy atom. The number of para-hydroxylation sites is 1. The summed E-state index contributed by atoms with van der Waals surface area (Å²) in [6, 6.07) is 5.35. The van der Waals surface area contributed by atoms with Crippen LogP contribution in [0, 0.1) is 0 Å². The topological polar surface area (TPSA) is 59.1 Å². The minimum Gasteiger partial charge on any atom is -0.486 e. The van der Waals surface area contributed by atoms with Crippen molar-refractivity contribution in [2.24, 2.45) is 0 Å². The molecule has 106 valence electrons. The highest BCUT2D eigenvalue weighted by Crippen LogP contribution is 2.34. The fourth-order valence-corrected chi connectivity index (χ4v) is 2.44. The van der Waals surface area contributed by atoms with Crippen molar-refractivity contribution < 1.29 is 19.1 Å². The molecule has 0 spiro atoms. The summed E-state index contributed by atoms with van der Waals surface area (Å²) >= 11 is 0. The summed E-state index contributed by atoms with van der Waals surface area (Å²) in [6.07, 6.45) is 0.823. The van der Waals surface area contributed by atoms with Crippen LogP contribution in [0.4, 0.5) is 0 Å². The van der Waals surface area contributed by atoms with Gasteiger partial charge >= 0.3 is 0 Å². The summed E-state index contributed by atoms with van der Waals surface area (Å²) < 4.78 is 11.1. The highest BCUT2D eigenvalue weighted by Gasteiger charge is 2.26. The molecule has 0 N–H and O–H groups in total. The first kappa shape index (κ1) is 12.8. The van der Waals surface area contributed by atoms with Gasteiger partial charge in [0.15, 0.2) is 11.5 Å². The number of ether oxygens (including phenoxy) is 2. The van der Waals surface area contributed by atoms with Gasteiger partial charge in [-0.1, -0.05) is 6.07 Å². The van der Waals surface area contributed by atoms with E-state index in [1.54, 1.807) is 28.0 Å². The smallest absolute Gasteiger partial charge is 0.257 e. The summed E-state index contributed by atoms with van der Waals surface area (Å²) in [5.74, 6) is 1.08. The van der Waals surface area contributed by atoms with E-state index >= 15 is 0 Å². The van der Waals surface area contributed by atoms with Gasteiger partial charge in [-0.05, 0) is 12.1 Å². The first-order chi connectivity index (χ1) is 9.79. The summed E-state index contributed by atoms with van der Waals surface area (Å²) in [7, 11) is 0. The van der Waals surface area contributed by atoms with Crippen LogP contribution >= 0.6 is 0 Å². The Balaban J connectivity index is 1.79. The Kier molecular flexibility index (Phi) is 3.45. The van der Waals surface area contributed by atoms with Gasteiger partial charge < -0.3 is 19.3 Å². The molecule has 0 radical (unpaired) electrons. The Hall–Kier alpha value is -2.24. The largest absolute Gasteiger partial charge is 0.486 e. The molecule has 1 saturated heterocycles. The summed E-state index contributed by atoms with van der Waals surface area (Å²) in [5.41, 5.74) is 0.529. The average molecular weight is 276 g/mol. The van der Waals surface area contributed by atoms with E-state index in [2.05, 4.69) is 0 Å². The van der Waals surface area contributed by atoms with Crippen LogP contribution < -0.4 is 9.47 Å². The van der Waals surface area contributed by atoms with E-state index in [1.165, 1.54) is 0 Å². The quantitative estimate of drug-likeness (QED) is 0.732. The van der Waals surface area contributed by atoms with Crippen molar-refractivity contribution in [2.45, 2.75) is 0 Å². The maximum Gasteiger partial charge on any atom is 0.257 e. The number of hydrogen-bond acceptors (Lipinski definition) is 4. The minimum absolute atomic E-state index is 0.0714. The van der Waals surface area contributed by atoms with Crippen LogP contribution in [0.15, 0.2) is 18.2 Å². The lowest BCUT2D eigenvalue weighted by Gasteiger charge is -2.33. The van der Waals surface area contributed by atoms with Gasteiger partial charge in [0, 0.05) is 26.2 Å². The van der Waals surface area contributed by atoms with Crippen molar-refractivity contribution in [3.05, 3.63) is 23.8 Å². The molecule has 0 saturated carbocycles. The van der Waals surface area contributed by atoms with Gasteiger partial charge in [0.05, 0.1) is 5.56 Å². The zero-order valence-corrected chi connectivity index (χ0v) is 11.1. The van der Waals surface area contributed by atoms with Gasteiger partial charge in [-0.15, -0.1) is 0 Å². The molecule has 0 atom stereocenters. The maximum absolute atomic E-state index is 12.6. The standard InChI is InChI=1S/C14H16N2O4/c17-10-15-4-6-16(7-5-15)14(18)11-2-1-3-12-13(11)20-9-8-19-12/h1-3,10H,4-9H2. The second-order valence-electron chi connectivity index (χ2n) is 4.76. The second kappa shape index (κ2) is 5.40. The molecule has 2 amide bonds. The van der Waals surface area contributed by atoms with Gasteiger partial charge in [-0.3, -0.25) is 9.59 Å². The average Bonchev–Trinajstić information content (AvgIpc) is 2.54. The van der Waals surface area contributed by atoms with E-state index in [-0.39, 0.29) is 5.91 Å². The van der Waals surface area contributed by atoms with Gasteiger partial charge in [-0.25, -0.2) is 0 Å². The van der Waals surface area contributed by atoms with Crippen LogP contribution in [0.3, 0.4) is 0 Å². The van der Waals surface area contributed by atoms with Crippen LogP contribution in [0.1, 0.15) is 10.4 Å². The molecular weight excluding hydrogens is 260 g/mol. The third-order valence-corrected chi connectivity index (χ3v) is 3.55. The maximum atomic E-state index is 12.6. The van der Waals surface area contributed by atoms with E-state index in [9.17, 15) is 9.59 Å². The molecule has 1 aromatic rings. The number of nitrogens with zero attached hydrogens (tertiary/aromatic N) is 2. The summed E-state index contributed by atoms with van der Waals surface area (Å²) in [5, 5.41) is 0. The van der Waals surface area contributed by atoms with Crippen molar-refractivity contribution in [1.82, 2.24) is 9.80 Å². The number of fused-ring (bicyclic) bond motifs is 1. The lowest BCUT2D eigenvalue weighted by atomic mass is 10.1. The van der Waals surface area contributed by atoms with E-state index in [0.717, 1.165) is 6.41 Å². The van der Waals surface area contributed by atoms with Crippen LogP contribution in [0.2, 0.25) is 0 Å². The molecule has 0 bridgehead atoms.